The Bertz CT molecular complexity index is 1800. The number of anilines is 2. The van der Waals surface area contributed by atoms with Crippen molar-refractivity contribution in [3.8, 4) is 11.6 Å². The molecule has 3 heterocycles. The number of hydrogen-bond acceptors (Lipinski definition) is 8. The molecule has 13 heteroatoms. The highest BCUT2D eigenvalue weighted by Gasteiger charge is 2.33. The highest BCUT2D eigenvalue weighted by molar-refractivity contribution is 6.46. The van der Waals surface area contributed by atoms with Gasteiger partial charge in [0.1, 0.15) is 5.75 Å². The third-order valence-electron chi connectivity index (χ3n) is 9.18. The third-order valence-corrected chi connectivity index (χ3v) is 9.18. The minimum atomic E-state index is -4.58. The van der Waals surface area contributed by atoms with Crippen LogP contribution < -0.4 is 15.0 Å². The van der Waals surface area contributed by atoms with Gasteiger partial charge in [0, 0.05) is 56.5 Å². The first kappa shape index (κ1) is 34.6. The van der Waals surface area contributed by atoms with Gasteiger partial charge in [0.2, 0.25) is 5.88 Å². The lowest BCUT2D eigenvalue weighted by atomic mass is 9.89. The van der Waals surface area contributed by atoms with E-state index in [0.29, 0.717) is 30.1 Å². The quantitative estimate of drug-likeness (QED) is 0.162. The van der Waals surface area contributed by atoms with Crippen molar-refractivity contribution >= 4 is 29.0 Å². The zero-order valence-corrected chi connectivity index (χ0v) is 27.5. The number of piperidine rings is 1. The predicted molar refractivity (Wildman–Crippen MR) is 182 cm³/mol. The van der Waals surface area contributed by atoms with Crippen molar-refractivity contribution < 1.29 is 32.3 Å². The lowest BCUT2D eigenvalue weighted by Gasteiger charge is -2.36. The number of ketones is 1. The molecule has 0 unspecified atom stereocenters. The Kier molecular flexibility index (Phi) is 10.4. The summed E-state index contributed by atoms with van der Waals surface area (Å²) in [6, 6.07) is 22.9. The number of Topliss-reactive ketones (excluding diaryl/α,β-unsaturated/α-hetero) is 1. The molecular weight excluding hydrogens is 649 g/mol. The van der Waals surface area contributed by atoms with Crippen LogP contribution in [0.3, 0.4) is 0 Å². The van der Waals surface area contributed by atoms with Crippen LogP contribution in [0.15, 0.2) is 84.9 Å². The summed E-state index contributed by atoms with van der Waals surface area (Å²) in [6.07, 6.45) is -3.12. The molecule has 0 bridgehead atoms. The topological polar surface area (TPSA) is 108 Å². The van der Waals surface area contributed by atoms with Crippen molar-refractivity contribution in [2.75, 3.05) is 56.0 Å². The molecule has 260 valence electrons. The smallest absolute Gasteiger partial charge is 0.435 e. The molecule has 50 heavy (non-hydrogen) atoms. The first-order chi connectivity index (χ1) is 24.1. The van der Waals surface area contributed by atoms with Gasteiger partial charge in [-0.1, -0.05) is 49.4 Å². The minimum absolute atomic E-state index is 0.0461. The van der Waals surface area contributed by atoms with Gasteiger partial charge in [-0.05, 0) is 67.3 Å². The van der Waals surface area contributed by atoms with Crippen molar-refractivity contribution in [2.24, 2.45) is 0 Å². The normalized spacial score (nSPS) is 15.8. The average Bonchev–Trinajstić information content (AvgIpc) is 3.15. The molecule has 0 atom stereocenters. The van der Waals surface area contributed by atoms with E-state index in [2.05, 4.69) is 32.2 Å². The molecule has 0 saturated carbocycles. The maximum absolute atomic E-state index is 13.7. The maximum Gasteiger partial charge on any atom is 0.435 e. The lowest BCUT2D eigenvalue weighted by Crippen LogP contribution is -2.46. The lowest BCUT2D eigenvalue weighted by molar-refractivity contribution is -0.141. The van der Waals surface area contributed by atoms with E-state index >= 15 is 0 Å². The van der Waals surface area contributed by atoms with Gasteiger partial charge < -0.3 is 24.8 Å². The van der Waals surface area contributed by atoms with Crippen LogP contribution in [0, 0.1) is 0 Å². The molecule has 0 spiro atoms. The number of halogens is 3. The second kappa shape index (κ2) is 15.1. The number of likely N-dealkylation sites (tertiary alicyclic amines) is 1. The molecule has 10 nitrogen and oxygen atoms in total. The number of amides is 2. The maximum atomic E-state index is 13.7. The number of rotatable bonds is 9. The number of aromatic nitrogens is 2. The third kappa shape index (κ3) is 8.11. The van der Waals surface area contributed by atoms with Gasteiger partial charge in [-0.15, -0.1) is 10.2 Å². The molecule has 3 aromatic carbocycles. The van der Waals surface area contributed by atoms with Crippen LogP contribution in [0.2, 0.25) is 0 Å². The summed E-state index contributed by atoms with van der Waals surface area (Å²) in [6.45, 7) is 7.36. The monoisotopic (exact) mass is 686 g/mol. The number of hydrogen-bond donors (Lipinski definition) is 1. The summed E-state index contributed by atoms with van der Waals surface area (Å²) in [5.74, 6) is -1.01. The van der Waals surface area contributed by atoms with E-state index in [-0.39, 0.29) is 23.3 Å². The number of piperazine rings is 1. The molecular formula is C37H37F3N6O4. The Morgan fingerprint density at radius 2 is 1.52 bits per heavy atom. The Morgan fingerprint density at radius 1 is 0.820 bits per heavy atom. The van der Waals surface area contributed by atoms with E-state index in [1.54, 1.807) is 59.5 Å². The van der Waals surface area contributed by atoms with E-state index in [9.17, 15) is 27.6 Å². The van der Waals surface area contributed by atoms with E-state index in [4.69, 9.17) is 4.74 Å². The Labute approximate surface area is 287 Å². The summed E-state index contributed by atoms with van der Waals surface area (Å²) in [7, 11) is 0. The number of carbonyl (C=O) groups excluding carboxylic acids is 3. The van der Waals surface area contributed by atoms with Crippen molar-refractivity contribution in [3.05, 3.63) is 107 Å². The van der Waals surface area contributed by atoms with Crippen LogP contribution in [0.1, 0.15) is 57.7 Å². The van der Waals surface area contributed by atoms with Gasteiger partial charge in [0.05, 0.1) is 11.4 Å². The van der Waals surface area contributed by atoms with E-state index in [1.807, 2.05) is 18.2 Å². The number of alkyl halides is 3. The minimum Gasteiger partial charge on any atom is -0.438 e. The number of ether oxygens (including phenoxy) is 1. The van der Waals surface area contributed by atoms with E-state index < -0.39 is 23.6 Å². The fraction of sp³-hybridized carbons (Fsp3) is 0.324. The zero-order valence-electron chi connectivity index (χ0n) is 27.5. The van der Waals surface area contributed by atoms with Crippen molar-refractivity contribution in [1.82, 2.24) is 20.0 Å². The van der Waals surface area contributed by atoms with E-state index in [1.165, 1.54) is 0 Å². The fourth-order valence-corrected chi connectivity index (χ4v) is 6.30. The second-order valence-corrected chi connectivity index (χ2v) is 12.3. The number of carbonyl (C=O) groups is 3. The summed E-state index contributed by atoms with van der Waals surface area (Å²) in [5.41, 5.74) is 1.87. The van der Waals surface area contributed by atoms with Crippen LogP contribution in [-0.4, -0.2) is 83.4 Å². The van der Waals surface area contributed by atoms with Gasteiger partial charge >= 0.3 is 6.18 Å². The molecule has 2 aliphatic rings. The summed E-state index contributed by atoms with van der Waals surface area (Å²) in [5, 5.41) is 9.50. The number of nitrogens with zero attached hydrogens (tertiary/aromatic N) is 5. The Morgan fingerprint density at radius 3 is 2.14 bits per heavy atom. The Balaban J connectivity index is 1.10. The summed E-state index contributed by atoms with van der Waals surface area (Å²) >= 11 is 0. The molecule has 2 saturated heterocycles. The molecule has 2 fully saturated rings. The zero-order chi connectivity index (χ0) is 35.3. The van der Waals surface area contributed by atoms with Crippen LogP contribution in [-0.2, 0) is 11.0 Å². The van der Waals surface area contributed by atoms with Gasteiger partial charge in [-0.25, -0.2) is 0 Å². The fourth-order valence-electron chi connectivity index (χ4n) is 6.30. The molecule has 1 N–H and O–H groups in total. The molecule has 4 aromatic rings. The summed E-state index contributed by atoms with van der Waals surface area (Å²) in [4.78, 5) is 46.1. The first-order valence-corrected chi connectivity index (χ1v) is 16.6. The molecule has 2 aliphatic heterocycles. The van der Waals surface area contributed by atoms with Crippen molar-refractivity contribution in [2.45, 2.75) is 31.9 Å². The summed E-state index contributed by atoms with van der Waals surface area (Å²) < 4.78 is 43.8. The molecule has 0 aliphatic carbocycles. The van der Waals surface area contributed by atoms with E-state index in [0.717, 1.165) is 68.9 Å². The van der Waals surface area contributed by atoms with Gasteiger partial charge in [0.15, 0.2) is 5.69 Å². The number of likely N-dealkylation sites (N-methyl/N-ethyl adjacent to an activating group) is 1. The standard InChI is InChI=1S/C37H37F3N6O4/c1-2-44-20-22-45(23-21-44)31-13-10-28(24-30(31)41-35(48)34(47)27-6-4-3-5-7-27)36(49)46-18-16-26(17-19-46)25-8-11-29(12-9-25)50-33-15-14-32(42-43-33)37(38,39)40/h3-15,24,26H,2,16-23H2,1H3,(H,41,48). The average molecular weight is 687 g/mol. The SMILES string of the molecule is CCN1CCN(c2ccc(C(=O)N3CCC(c4ccc(Oc5ccc(C(F)(F)F)nn5)cc4)CC3)cc2NC(=O)C(=O)c2ccccc2)CC1. The Hall–Kier alpha value is -5.30. The van der Waals surface area contributed by atoms with Crippen LogP contribution in [0.5, 0.6) is 11.6 Å². The number of nitrogens with one attached hydrogen (secondary N) is 1. The highest BCUT2D eigenvalue weighted by Crippen LogP contribution is 2.33. The van der Waals surface area contributed by atoms with Gasteiger partial charge in [-0.3, -0.25) is 14.4 Å². The second-order valence-electron chi connectivity index (χ2n) is 12.3. The molecule has 1 aromatic heterocycles. The predicted octanol–water partition coefficient (Wildman–Crippen LogP) is 6.27. The van der Waals surface area contributed by atoms with Crippen LogP contribution >= 0.6 is 0 Å². The van der Waals surface area contributed by atoms with Gasteiger partial charge in [0.25, 0.3) is 17.6 Å². The molecule has 2 amide bonds. The molecule has 0 radical (unpaired) electrons. The number of benzene rings is 3. The first-order valence-electron chi connectivity index (χ1n) is 16.6. The molecule has 6 rings (SSSR count). The largest absolute Gasteiger partial charge is 0.438 e. The highest BCUT2D eigenvalue weighted by atomic mass is 19.4. The van der Waals surface area contributed by atoms with Crippen molar-refractivity contribution in [3.63, 3.8) is 0 Å². The van der Waals surface area contributed by atoms with Crippen LogP contribution in [0.4, 0.5) is 24.5 Å². The van der Waals surface area contributed by atoms with Crippen LogP contribution in [0.25, 0.3) is 0 Å². The van der Waals surface area contributed by atoms with Gasteiger partial charge in [-0.2, -0.15) is 13.2 Å². The van der Waals surface area contributed by atoms with Crippen molar-refractivity contribution in [1.29, 1.82) is 0 Å².